The predicted octanol–water partition coefficient (Wildman–Crippen LogP) is 1.40. The predicted molar refractivity (Wildman–Crippen MR) is 86.5 cm³/mol. The van der Waals surface area contributed by atoms with E-state index in [1.165, 1.54) is 19.4 Å². The lowest BCUT2D eigenvalue weighted by molar-refractivity contribution is 0.0445. The maximum absolute atomic E-state index is 12.6. The molecule has 6 nitrogen and oxygen atoms in total. The quantitative estimate of drug-likeness (QED) is 0.843. The summed E-state index contributed by atoms with van der Waals surface area (Å²) in [7, 11) is 2.20. The Bertz CT molecular complexity index is 561. The second-order valence-electron chi connectivity index (χ2n) is 7.28. The second kappa shape index (κ2) is 6.24. The highest BCUT2D eigenvalue weighted by Gasteiger charge is 2.32. The molecule has 1 amide bonds. The van der Waals surface area contributed by atoms with E-state index in [1.54, 1.807) is 0 Å². The van der Waals surface area contributed by atoms with Crippen molar-refractivity contribution < 1.29 is 9.32 Å². The maximum atomic E-state index is 12.6. The summed E-state index contributed by atoms with van der Waals surface area (Å²) >= 11 is 0. The van der Waals surface area contributed by atoms with Gasteiger partial charge in [0.2, 0.25) is 0 Å². The van der Waals surface area contributed by atoms with Crippen molar-refractivity contribution >= 4 is 5.91 Å². The molecule has 0 unspecified atom stereocenters. The molecule has 0 radical (unpaired) electrons. The van der Waals surface area contributed by atoms with Gasteiger partial charge in [0.15, 0.2) is 5.69 Å². The molecule has 4 rings (SSSR count). The van der Waals surface area contributed by atoms with Crippen molar-refractivity contribution in [1.82, 2.24) is 19.9 Å². The average Bonchev–Trinajstić information content (AvgIpc) is 3.32. The van der Waals surface area contributed by atoms with Gasteiger partial charge in [-0.1, -0.05) is 5.16 Å². The van der Waals surface area contributed by atoms with Gasteiger partial charge in [0.05, 0.1) is 0 Å². The molecule has 0 bridgehead atoms. The Morgan fingerprint density at radius 3 is 2.65 bits per heavy atom. The van der Waals surface area contributed by atoms with Gasteiger partial charge in [0.1, 0.15) is 5.76 Å². The molecular formula is C17H26N4O2. The van der Waals surface area contributed by atoms with Crippen LogP contribution >= 0.6 is 0 Å². The van der Waals surface area contributed by atoms with Crippen molar-refractivity contribution in [3.05, 3.63) is 17.5 Å². The molecule has 3 aliphatic rings. The Kier molecular flexibility index (Phi) is 4.11. The third kappa shape index (κ3) is 3.28. The van der Waals surface area contributed by atoms with E-state index in [-0.39, 0.29) is 5.91 Å². The average molecular weight is 318 g/mol. The Labute approximate surface area is 137 Å². The van der Waals surface area contributed by atoms with Crippen LogP contribution in [0.1, 0.15) is 47.8 Å². The Morgan fingerprint density at radius 1 is 1.17 bits per heavy atom. The molecular weight excluding hydrogens is 292 g/mol. The van der Waals surface area contributed by atoms with E-state index in [4.69, 9.17) is 4.52 Å². The van der Waals surface area contributed by atoms with Crippen molar-refractivity contribution in [2.24, 2.45) is 0 Å². The summed E-state index contributed by atoms with van der Waals surface area (Å²) in [6.07, 6.45) is 4.89. The minimum atomic E-state index is 0.0288. The number of amides is 1. The number of piperazine rings is 1. The third-order valence-electron chi connectivity index (χ3n) is 5.44. The number of rotatable bonds is 3. The largest absolute Gasteiger partial charge is 0.360 e. The van der Waals surface area contributed by atoms with Crippen LogP contribution in [0.15, 0.2) is 10.6 Å². The summed E-state index contributed by atoms with van der Waals surface area (Å²) in [5, 5.41) is 3.98. The first kappa shape index (κ1) is 15.1. The SMILES string of the molecule is CN1CCC[C@@H](N2CCN(C(=O)c3cc(C4CC4)on3)CC2)C1. The van der Waals surface area contributed by atoms with E-state index in [9.17, 15) is 4.79 Å². The zero-order valence-electron chi connectivity index (χ0n) is 13.9. The molecule has 2 aliphatic heterocycles. The molecule has 3 fully saturated rings. The van der Waals surface area contributed by atoms with Crippen molar-refractivity contribution in [1.29, 1.82) is 0 Å². The molecule has 3 heterocycles. The van der Waals surface area contributed by atoms with Crippen LogP contribution in [0.3, 0.4) is 0 Å². The number of likely N-dealkylation sites (N-methyl/N-ethyl adjacent to an activating group) is 1. The van der Waals surface area contributed by atoms with Crippen molar-refractivity contribution in [2.45, 2.75) is 37.6 Å². The molecule has 0 N–H and O–H groups in total. The zero-order valence-corrected chi connectivity index (χ0v) is 13.9. The van der Waals surface area contributed by atoms with Gasteiger partial charge in [-0.3, -0.25) is 9.69 Å². The second-order valence-corrected chi connectivity index (χ2v) is 7.28. The van der Waals surface area contributed by atoms with Gasteiger partial charge in [-0.25, -0.2) is 0 Å². The van der Waals surface area contributed by atoms with Crippen LogP contribution < -0.4 is 0 Å². The lowest BCUT2D eigenvalue weighted by atomic mass is 10.0. The van der Waals surface area contributed by atoms with Crippen LogP contribution in [0.5, 0.6) is 0 Å². The number of carbonyl (C=O) groups is 1. The molecule has 1 aliphatic carbocycles. The van der Waals surface area contributed by atoms with Gasteiger partial charge in [0, 0.05) is 50.7 Å². The molecule has 126 valence electrons. The monoisotopic (exact) mass is 318 g/mol. The number of aromatic nitrogens is 1. The van der Waals surface area contributed by atoms with Crippen LogP contribution in [0.2, 0.25) is 0 Å². The summed E-state index contributed by atoms with van der Waals surface area (Å²) < 4.78 is 5.32. The van der Waals surface area contributed by atoms with Gasteiger partial charge >= 0.3 is 0 Å². The highest BCUT2D eigenvalue weighted by molar-refractivity contribution is 5.92. The highest BCUT2D eigenvalue weighted by Crippen LogP contribution is 2.40. The standard InChI is InChI=1S/C17H26N4O2/c1-19-6-2-3-14(12-19)20-7-9-21(10-8-20)17(22)15-11-16(23-18-15)13-4-5-13/h11,13-14H,2-10,12H2,1H3/t14-/m1/s1. The molecule has 2 saturated heterocycles. The summed E-state index contributed by atoms with van der Waals surface area (Å²) in [5.41, 5.74) is 0.484. The first-order valence-electron chi connectivity index (χ1n) is 8.89. The minimum absolute atomic E-state index is 0.0288. The topological polar surface area (TPSA) is 52.8 Å². The number of likely N-dealkylation sites (tertiary alicyclic amines) is 1. The molecule has 1 aromatic heterocycles. The number of hydrogen-bond acceptors (Lipinski definition) is 5. The van der Waals surface area contributed by atoms with Crippen LogP contribution in [0, 0.1) is 0 Å². The Balaban J connectivity index is 1.32. The summed E-state index contributed by atoms with van der Waals surface area (Å²) in [6.45, 7) is 5.90. The smallest absolute Gasteiger partial charge is 0.276 e. The molecule has 0 spiro atoms. The van der Waals surface area contributed by atoms with Gasteiger partial charge in [-0.05, 0) is 39.3 Å². The fourth-order valence-electron chi connectivity index (χ4n) is 3.84. The number of hydrogen-bond donors (Lipinski definition) is 0. The van der Waals surface area contributed by atoms with E-state index in [0.29, 0.717) is 17.7 Å². The molecule has 23 heavy (non-hydrogen) atoms. The van der Waals surface area contributed by atoms with E-state index >= 15 is 0 Å². The first-order chi connectivity index (χ1) is 11.2. The van der Waals surface area contributed by atoms with E-state index in [2.05, 4.69) is 22.0 Å². The van der Waals surface area contributed by atoms with Crippen molar-refractivity contribution in [2.75, 3.05) is 46.3 Å². The summed E-state index contributed by atoms with van der Waals surface area (Å²) in [4.78, 5) is 19.5. The molecule has 1 atom stereocenters. The summed E-state index contributed by atoms with van der Waals surface area (Å²) in [6, 6.07) is 2.50. The lowest BCUT2D eigenvalue weighted by Crippen LogP contribution is -2.55. The fourth-order valence-corrected chi connectivity index (χ4v) is 3.84. The van der Waals surface area contributed by atoms with Crippen molar-refractivity contribution in [3.63, 3.8) is 0 Å². The molecule has 1 aromatic rings. The third-order valence-corrected chi connectivity index (χ3v) is 5.44. The lowest BCUT2D eigenvalue weighted by Gasteiger charge is -2.42. The Hall–Kier alpha value is -1.40. The zero-order chi connectivity index (χ0) is 15.8. The number of nitrogens with zero attached hydrogens (tertiary/aromatic N) is 4. The normalized spacial score (nSPS) is 27.3. The van der Waals surface area contributed by atoms with Crippen LogP contribution in [0.25, 0.3) is 0 Å². The number of carbonyl (C=O) groups excluding carboxylic acids is 1. The van der Waals surface area contributed by atoms with Gasteiger partial charge < -0.3 is 14.3 Å². The Morgan fingerprint density at radius 2 is 1.96 bits per heavy atom. The molecule has 0 aromatic carbocycles. The van der Waals surface area contributed by atoms with Crippen molar-refractivity contribution in [3.8, 4) is 0 Å². The highest BCUT2D eigenvalue weighted by atomic mass is 16.5. The number of piperidine rings is 1. The summed E-state index contributed by atoms with van der Waals surface area (Å²) in [5.74, 6) is 1.42. The van der Waals surface area contributed by atoms with Gasteiger partial charge in [-0.15, -0.1) is 0 Å². The van der Waals surface area contributed by atoms with Gasteiger partial charge in [-0.2, -0.15) is 0 Å². The van der Waals surface area contributed by atoms with Crippen LogP contribution in [-0.2, 0) is 0 Å². The van der Waals surface area contributed by atoms with Crippen LogP contribution in [-0.4, -0.2) is 78.1 Å². The maximum Gasteiger partial charge on any atom is 0.276 e. The minimum Gasteiger partial charge on any atom is -0.360 e. The molecule has 6 heteroatoms. The molecule has 1 saturated carbocycles. The van der Waals surface area contributed by atoms with Gasteiger partial charge in [0.25, 0.3) is 5.91 Å². The fraction of sp³-hybridized carbons (Fsp3) is 0.765. The van der Waals surface area contributed by atoms with Crippen LogP contribution in [0.4, 0.5) is 0 Å². The van der Waals surface area contributed by atoms with E-state index in [0.717, 1.165) is 51.3 Å². The first-order valence-corrected chi connectivity index (χ1v) is 8.89. The van der Waals surface area contributed by atoms with E-state index < -0.39 is 0 Å². The van der Waals surface area contributed by atoms with E-state index in [1.807, 2.05) is 11.0 Å².